The molecule has 1 aromatic heterocycles. The molecule has 0 aliphatic carbocycles. The average molecular weight is 184 g/mol. The predicted molar refractivity (Wildman–Crippen MR) is 56.9 cm³/mol. The summed E-state index contributed by atoms with van der Waals surface area (Å²) in [6.45, 7) is 3.94. The highest BCUT2D eigenvalue weighted by molar-refractivity contribution is 5.65. The third-order valence-corrected chi connectivity index (χ3v) is 2.19. The maximum Gasteiger partial charge on any atom is 0.0678 e. The Morgan fingerprint density at radius 2 is 1.64 bits per heavy atom. The van der Waals surface area contributed by atoms with Crippen LogP contribution in [-0.4, -0.2) is 10.2 Å². The SMILES string of the molecule is Cc1cc(-c2ccccc2)c(C)nn1. The van der Waals surface area contributed by atoms with Gasteiger partial charge in [0, 0.05) is 5.56 Å². The van der Waals surface area contributed by atoms with E-state index in [1.165, 1.54) is 5.56 Å². The van der Waals surface area contributed by atoms with Gasteiger partial charge >= 0.3 is 0 Å². The van der Waals surface area contributed by atoms with Gasteiger partial charge in [0.1, 0.15) is 0 Å². The highest BCUT2D eigenvalue weighted by atomic mass is 15.1. The first-order chi connectivity index (χ1) is 6.77. The van der Waals surface area contributed by atoms with Crippen LogP contribution in [0.4, 0.5) is 0 Å². The molecule has 0 saturated carbocycles. The Kier molecular flexibility index (Phi) is 2.27. The van der Waals surface area contributed by atoms with Crippen molar-refractivity contribution in [2.75, 3.05) is 0 Å². The fourth-order valence-corrected chi connectivity index (χ4v) is 1.46. The quantitative estimate of drug-likeness (QED) is 0.681. The van der Waals surface area contributed by atoms with Gasteiger partial charge in [-0.05, 0) is 25.5 Å². The molecule has 1 aromatic carbocycles. The van der Waals surface area contributed by atoms with Gasteiger partial charge in [-0.25, -0.2) is 0 Å². The van der Waals surface area contributed by atoms with E-state index < -0.39 is 0 Å². The Bertz CT molecular complexity index is 435. The zero-order valence-corrected chi connectivity index (χ0v) is 8.36. The van der Waals surface area contributed by atoms with Gasteiger partial charge in [0.25, 0.3) is 0 Å². The van der Waals surface area contributed by atoms with Gasteiger partial charge in [-0.15, -0.1) is 0 Å². The first-order valence-corrected chi connectivity index (χ1v) is 4.64. The fraction of sp³-hybridized carbons (Fsp3) is 0.167. The van der Waals surface area contributed by atoms with E-state index in [0.29, 0.717) is 0 Å². The Balaban J connectivity index is 2.57. The molecule has 0 aliphatic heterocycles. The number of hydrogen-bond donors (Lipinski definition) is 0. The summed E-state index contributed by atoms with van der Waals surface area (Å²) in [6, 6.07) is 12.3. The van der Waals surface area contributed by atoms with Crippen LogP contribution in [0.5, 0.6) is 0 Å². The standard InChI is InChI=1S/C12H12N2/c1-9-8-12(10(2)14-13-9)11-6-4-3-5-7-11/h3-8H,1-2H3. The molecule has 0 fully saturated rings. The minimum absolute atomic E-state index is 0.953. The van der Waals surface area contributed by atoms with Crippen molar-refractivity contribution < 1.29 is 0 Å². The molecule has 2 rings (SSSR count). The van der Waals surface area contributed by atoms with Gasteiger partial charge in [-0.3, -0.25) is 0 Å². The van der Waals surface area contributed by atoms with E-state index in [2.05, 4.69) is 28.4 Å². The molecule has 1 heterocycles. The van der Waals surface area contributed by atoms with Crippen molar-refractivity contribution in [3.05, 3.63) is 47.8 Å². The van der Waals surface area contributed by atoms with E-state index in [1.807, 2.05) is 32.0 Å². The Labute approximate surface area is 83.6 Å². The number of aryl methyl sites for hydroxylation is 2. The Hall–Kier alpha value is -1.70. The number of aromatic nitrogens is 2. The van der Waals surface area contributed by atoms with Crippen LogP contribution in [0.25, 0.3) is 11.1 Å². The maximum atomic E-state index is 4.11. The molecule has 0 N–H and O–H groups in total. The molecular weight excluding hydrogens is 172 g/mol. The molecule has 0 atom stereocenters. The van der Waals surface area contributed by atoms with Gasteiger partial charge < -0.3 is 0 Å². The molecule has 0 spiro atoms. The lowest BCUT2D eigenvalue weighted by molar-refractivity contribution is 0.943. The van der Waals surface area contributed by atoms with E-state index in [1.54, 1.807) is 0 Å². The summed E-state index contributed by atoms with van der Waals surface area (Å²) in [6.07, 6.45) is 0. The van der Waals surface area contributed by atoms with Crippen molar-refractivity contribution in [2.45, 2.75) is 13.8 Å². The van der Waals surface area contributed by atoms with Crippen molar-refractivity contribution in [3.8, 4) is 11.1 Å². The second kappa shape index (κ2) is 3.58. The molecule has 70 valence electrons. The molecule has 2 aromatic rings. The Morgan fingerprint density at radius 3 is 2.36 bits per heavy atom. The van der Waals surface area contributed by atoms with Crippen LogP contribution in [0, 0.1) is 13.8 Å². The molecular formula is C12H12N2. The lowest BCUT2D eigenvalue weighted by atomic mass is 10.0. The minimum atomic E-state index is 0.953. The van der Waals surface area contributed by atoms with Crippen molar-refractivity contribution in [1.29, 1.82) is 0 Å². The second-order valence-corrected chi connectivity index (χ2v) is 3.35. The molecule has 2 heteroatoms. The predicted octanol–water partition coefficient (Wildman–Crippen LogP) is 2.76. The topological polar surface area (TPSA) is 25.8 Å². The first kappa shape index (κ1) is 8.88. The largest absolute Gasteiger partial charge is 0.156 e. The lowest BCUT2D eigenvalue weighted by Crippen LogP contribution is -1.93. The van der Waals surface area contributed by atoms with Crippen LogP contribution in [0.3, 0.4) is 0 Å². The smallest absolute Gasteiger partial charge is 0.0678 e. The summed E-state index contributed by atoms with van der Waals surface area (Å²) in [5.74, 6) is 0. The van der Waals surface area contributed by atoms with Crippen LogP contribution < -0.4 is 0 Å². The maximum absolute atomic E-state index is 4.11. The normalized spacial score (nSPS) is 10.1. The van der Waals surface area contributed by atoms with E-state index >= 15 is 0 Å². The summed E-state index contributed by atoms with van der Waals surface area (Å²) >= 11 is 0. The van der Waals surface area contributed by atoms with Crippen LogP contribution in [0.15, 0.2) is 36.4 Å². The highest BCUT2D eigenvalue weighted by Gasteiger charge is 2.02. The zero-order valence-electron chi connectivity index (χ0n) is 8.36. The van der Waals surface area contributed by atoms with E-state index in [4.69, 9.17) is 0 Å². The summed E-state index contributed by atoms with van der Waals surface area (Å²) in [4.78, 5) is 0. The first-order valence-electron chi connectivity index (χ1n) is 4.64. The molecule has 0 aliphatic rings. The van der Waals surface area contributed by atoms with Crippen molar-refractivity contribution in [3.63, 3.8) is 0 Å². The molecule has 14 heavy (non-hydrogen) atoms. The van der Waals surface area contributed by atoms with Crippen molar-refractivity contribution >= 4 is 0 Å². The van der Waals surface area contributed by atoms with Gasteiger partial charge in [0.2, 0.25) is 0 Å². The second-order valence-electron chi connectivity index (χ2n) is 3.35. The third-order valence-electron chi connectivity index (χ3n) is 2.19. The molecule has 0 bridgehead atoms. The highest BCUT2D eigenvalue weighted by Crippen LogP contribution is 2.21. The number of hydrogen-bond acceptors (Lipinski definition) is 2. The van der Waals surface area contributed by atoms with Gasteiger partial charge in [0.15, 0.2) is 0 Å². The minimum Gasteiger partial charge on any atom is -0.156 e. The van der Waals surface area contributed by atoms with Crippen LogP contribution in [0.2, 0.25) is 0 Å². The molecule has 0 amide bonds. The van der Waals surface area contributed by atoms with Crippen LogP contribution >= 0.6 is 0 Å². The van der Waals surface area contributed by atoms with Crippen molar-refractivity contribution in [1.82, 2.24) is 10.2 Å². The average Bonchev–Trinajstić information content (AvgIpc) is 2.23. The Morgan fingerprint density at radius 1 is 0.929 bits per heavy atom. The monoisotopic (exact) mass is 184 g/mol. The summed E-state index contributed by atoms with van der Waals surface area (Å²) in [5, 5.41) is 8.12. The van der Waals surface area contributed by atoms with Gasteiger partial charge in [-0.2, -0.15) is 10.2 Å². The van der Waals surface area contributed by atoms with E-state index in [0.717, 1.165) is 17.0 Å². The zero-order chi connectivity index (χ0) is 9.97. The summed E-state index contributed by atoms with van der Waals surface area (Å²) in [5.41, 5.74) is 4.29. The van der Waals surface area contributed by atoms with Gasteiger partial charge in [0.05, 0.1) is 11.4 Å². The molecule has 0 saturated heterocycles. The summed E-state index contributed by atoms with van der Waals surface area (Å²) < 4.78 is 0. The van der Waals surface area contributed by atoms with Crippen LogP contribution in [-0.2, 0) is 0 Å². The molecule has 2 nitrogen and oxygen atoms in total. The fourth-order valence-electron chi connectivity index (χ4n) is 1.46. The lowest BCUT2D eigenvalue weighted by Gasteiger charge is -2.04. The number of nitrogens with zero attached hydrogens (tertiary/aromatic N) is 2. The van der Waals surface area contributed by atoms with Gasteiger partial charge in [-0.1, -0.05) is 30.3 Å². The summed E-state index contributed by atoms with van der Waals surface area (Å²) in [7, 11) is 0. The number of rotatable bonds is 1. The van der Waals surface area contributed by atoms with Crippen molar-refractivity contribution in [2.24, 2.45) is 0 Å². The van der Waals surface area contributed by atoms with E-state index in [9.17, 15) is 0 Å². The van der Waals surface area contributed by atoms with E-state index in [-0.39, 0.29) is 0 Å². The number of benzene rings is 1. The van der Waals surface area contributed by atoms with Crippen LogP contribution in [0.1, 0.15) is 11.4 Å². The molecule has 0 radical (unpaired) electrons. The third kappa shape index (κ3) is 1.64. The molecule has 0 unspecified atom stereocenters.